The Morgan fingerprint density at radius 2 is 2.24 bits per heavy atom. The van der Waals surface area contributed by atoms with Gasteiger partial charge in [-0.25, -0.2) is 14.2 Å². The van der Waals surface area contributed by atoms with Gasteiger partial charge in [0.05, 0.1) is 0 Å². The van der Waals surface area contributed by atoms with Gasteiger partial charge in [-0.15, -0.1) is 0 Å². The van der Waals surface area contributed by atoms with Crippen molar-refractivity contribution in [2.45, 2.75) is 38.8 Å². The lowest BCUT2D eigenvalue weighted by molar-refractivity contribution is 0.158. The number of ether oxygens (including phenoxy) is 1. The van der Waals surface area contributed by atoms with Crippen LogP contribution in [0.1, 0.15) is 31.7 Å². The molecule has 0 spiro atoms. The Hall–Kier alpha value is -2.63. The minimum atomic E-state index is -0.358. The van der Waals surface area contributed by atoms with E-state index in [1.165, 1.54) is 18.6 Å². The molecule has 2 aromatic rings. The zero-order valence-electron chi connectivity index (χ0n) is 14.2. The number of pyridine rings is 1. The normalized spacial score (nSPS) is 17.2. The summed E-state index contributed by atoms with van der Waals surface area (Å²) in [6.45, 7) is 3.31. The number of benzene rings is 1. The summed E-state index contributed by atoms with van der Waals surface area (Å²) in [6, 6.07) is 9.69. The molecular weight excluding hydrogens is 321 g/mol. The number of carbonyl (C=O) groups excluding carboxylic acids is 1. The van der Waals surface area contributed by atoms with E-state index >= 15 is 0 Å². The van der Waals surface area contributed by atoms with Gasteiger partial charge in [-0.3, -0.25) is 0 Å². The predicted octanol–water partition coefficient (Wildman–Crippen LogP) is 4.10. The molecule has 25 heavy (non-hydrogen) atoms. The van der Waals surface area contributed by atoms with Gasteiger partial charge in [0.25, 0.3) is 0 Å². The Labute approximate surface area is 146 Å². The summed E-state index contributed by atoms with van der Waals surface area (Å²) < 4.78 is 18.6. The smallest absolute Gasteiger partial charge is 0.317 e. The number of amides is 2. The maximum atomic E-state index is 13.1. The number of carbonyl (C=O) groups is 1. The molecule has 0 radical (unpaired) electrons. The molecule has 1 aliphatic rings. The van der Waals surface area contributed by atoms with E-state index in [-0.39, 0.29) is 17.9 Å². The van der Waals surface area contributed by atoms with Gasteiger partial charge >= 0.3 is 6.03 Å². The van der Waals surface area contributed by atoms with Crippen LogP contribution in [0.2, 0.25) is 0 Å². The summed E-state index contributed by atoms with van der Waals surface area (Å²) in [5.74, 6) is 0.418. The Morgan fingerprint density at radius 3 is 2.96 bits per heavy atom. The number of nitrogens with one attached hydrogen (secondary N) is 1. The predicted molar refractivity (Wildman–Crippen MR) is 93.0 cm³/mol. The van der Waals surface area contributed by atoms with Crippen molar-refractivity contribution in [1.29, 1.82) is 0 Å². The number of rotatable bonds is 4. The summed E-state index contributed by atoms with van der Waals surface area (Å²) in [4.78, 5) is 18.3. The van der Waals surface area contributed by atoms with Crippen LogP contribution < -0.4 is 10.1 Å². The molecular formula is C19H22FN3O2. The van der Waals surface area contributed by atoms with Crippen molar-refractivity contribution in [3.05, 3.63) is 54.0 Å². The van der Waals surface area contributed by atoms with Crippen molar-refractivity contribution < 1.29 is 13.9 Å². The molecule has 1 unspecified atom stereocenters. The zero-order valence-corrected chi connectivity index (χ0v) is 14.2. The van der Waals surface area contributed by atoms with E-state index in [1.807, 2.05) is 11.0 Å². The van der Waals surface area contributed by atoms with Gasteiger partial charge in [-0.05, 0) is 43.9 Å². The van der Waals surface area contributed by atoms with Crippen molar-refractivity contribution in [3.63, 3.8) is 0 Å². The highest BCUT2D eigenvalue weighted by Crippen LogP contribution is 2.20. The second kappa shape index (κ2) is 7.96. The Morgan fingerprint density at radius 1 is 1.36 bits per heavy atom. The van der Waals surface area contributed by atoms with E-state index in [0.29, 0.717) is 18.2 Å². The van der Waals surface area contributed by atoms with E-state index in [2.05, 4.69) is 17.2 Å². The van der Waals surface area contributed by atoms with E-state index in [1.54, 1.807) is 24.4 Å². The fraction of sp³-hybridized carbons (Fsp3) is 0.368. The highest BCUT2D eigenvalue weighted by molar-refractivity contribution is 5.74. The Kier molecular flexibility index (Phi) is 5.48. The number of aromatic nitrogens is 1. The second-order valence-electron chi connectivity index (χ2n) is 6.26. The molecule has 0 aliphatic carbocycles. The number of hydrogen-bond donors (Lipinski definition) is 1. The number of halogens is 1. The summed E-state index contributed by atoms with van der Waals surface area (Å²) >= 11 is 0. The van der Waals surface area contributed by atoms with Crippen LogP contribution >= 0.6 is 0 Å². The molecule has 2 heterocycles. The first kappa shape index (κ1) is 17.2. The minimum absolute atomic E-state index is 0.0349. The third kappa shape index (κ3) is 4.68. The summed E-state index contributed by atoms with van der Waals surface area (Å²) in [5, 5.41) is 2.93. The van der Waals surface area contributed by atoms with Crippen LogP contribution in [0.15, 0.2) is 42.6 Å². The first-order chi connectivity index (χ1) is 12.1. The third-order valence-corrected chi connectivity index (χ3v) is 4.32. The second-order valence-corrected chi connectivity index (χ2v) is 6.26. The molecule has 0 saturated carbocycles. The van der Waals surface area contributed by atoms with Crippen LogP contribution in [0.3, 0.4) is 0 Å². The van der Waals surface area contributed by atoms with Crippen molar-refractivity contribution >= 4 is 6.03 Å². The molecule has 1 N–H and O–H groups in total. The lowest BCUT2D eigenvalue weighted by Gasteiger charge is -2.33. The monoisotopic (exact) mass is 343 g/mol. The van der Waals surface area contributed by atoms with Crippen molar-refractivity contribution in [3.8, 4) is 11.6 Å². The summed E-state index contributed by atoms with van der Waals surface area (Å²) in [6.07, 6.45) is 4.95. The fourth-order valence-electron chi connectivity index (χ4n) is 2.91. The average Bonchev–Trinajstić information content (AvgIpc) is 2.61. The van der Waals surface area contributed by atoms with Crippen molar-refractivity contribution in [2.24, 2.45) is 0 Å². The molecule has 5 nitrogen and oxygen atoms in total. The molecule has 0 bridgehead atoms. The maximum Gasteiger partial charge on any atom is 0.317 e. The molecule has 1 aromatic heterocycles. The van der Waals surface area contributed by atoms with Crippen LogP contribution in [0.25, 0.3) is 0 Å². The lowest BCUT2D eigenvalue weighted by atomic mass is 10.0. The topological polar surface area (TPSA) is 54.5 Å². The van der Waals surface area contributed by atoms with E-state index in [9.17, 15) is 9.18 Å². The van der Waals surface area contributed by atoms with E-state index in [4.69, 9.17) is 4.74 Å². The van der Waals surface area contributed by atoms with Crippen LogP contribution in [-0.2, 0) is 6.54 Å². The minimum Gasteiger partial charge on any atom is -0.439 e. The molecule has 1 atom stereocenters. The standard InChI is InChI=1S/C19H22FN3O2/c1-14-5-2-3-10-23(14)19(24)22-13-15-8-9-18(21-12-15)25-17-7-4-6-16(20)11-17/h4,6-9,11-12,14H,2-3,5,10,13H2,1H3,(H,22,24). The number of piperidine rings is 1. The third-order valence-electron chi connectivity index (χ3n) is 4.32. The quantitative estimate of drug-likeness (QED) is 0.909. The van der Waals surface area contributed by atoms with Gasteiger partial charge in [0.1, 0.15) is 11.6 Å². The van der Waals surface area contributed by atoms with Gasteiger partial charge in [-0.1, -0.05) is 12.1 Å². The van der Waals surface area contributed by atoms with Gasteiger partial charge < -0.3 is 15.0 Å². The summed E-state index contributed by atoms with van der Waals surface area (Å²) in [5.41, 5.74) is 0.879. The fourth-order valence-corrected chi connectivity index (χ4v) is 2.91. The highest BCUT2D eigenvalue weighted by Gasteiger charge is 2.22. The van der Waals surface area contributed by atoms with Gasteiger partial charge in [0, 0.05) is 37.5 Å². The van der Waals surface area contributed by atoms with Crippen LogP contribution in [0.4, 0.5) is 9.18 Å². The van der Waals surface area contributed by atoms with Gasteiger partial charge in [-0.2, -0.15) is 0 Å². The SMILES string of the molecule is CC1CCCCN1C(=O)NCc1ccc(Oc2cccc(F)c2)nc1. The molecule has 1 aliphatic heterocycles. The van der Waals surface area contributed by atoms with Crippen molar-refractivity contribution in [2.75, 3.05) is 6.54 Å². The number of hydrogen-bond acceptors (Lipinski definition) is 3. The maximum absolute atomic E-state index is 13.1. The van der Waals surface area contributed by atoms with E-state index < -0.39 is 0 Å². The van der Waals surface area contributed by atoms with Crippen LogP contribution in [0, 0.1) is 5.82 Å². The lowest BCUT2D eigenvalue weighted by Crippen LogP contribution is -2.47. The first-order valence-corrected chi connectivity index (χ1v) is 8.54. The van der Waals surface area contributed by atoms with Crippen molar-refractivity contribution in [1.82, 2.24) is 15.2 Å². The first-order valence-electron chi connectivity index (χ1n) is 8.54. The van der Waals surface area contributed by atoms with Gasteiger partial charge in [0.2, 0.25) is 5.88 Å². The molecule has 3 rings (SSSR count). The number of urea groups is 1. The molecule has 1 aromatic carbocycles. The number of likely N-dealkylation sites (tertiary alicyclic amines) is 1. The largest absolute Gasteiger partial charge is 0.439 e. The summed E-state index contributed by atoms with van der Waals surface area (Å²) in [7, 11) is 0. The molecule has 1 saturated heterocycles. The average molecular weight is 343 g/mol. The number of nitrogens with zero attached hydrogens (tertiary/aromatic N) is 2. The Bertz CT molecular complexity index is 721. The molecule has 2 amide bonds. The molecule has 132 valence electrons. The molecule has 1 fully saturated rings. The zero-order chi connectivity index (χ0) is 17.6. The molecule has 6 heteroatoms. The van der Waals surface area contributed by atoms with E-state index in [0.717, 1.165) is 24.9 Å². The van der Waals surface area contributed by atoms with Crippen LogP contribution in [0.5, 0.6) is 11.6 Å². The van der Waals surface area contributed by atoms with Crippen LogP contribution in [-0.4, -0.2) is 28.5 Å². The van der Waals surface area contributed by atoms with Gasteiger partial charge in [0.15, 0.2) is 0 Å². The highest BCUT2D eigenvalue weighted by atomic mass is 19.1. The Balaban J connectivity index is 1.53.